The van der Waals surface area contributed by atoms with Crippen LogP contribution in [0.5, 0.6) is 0 Å². The van der Waals surface area contributed by atoms with Gasteiger partial charge in [0, 0.05) is 12.4 Å². The summed E-state index contributed by atoms with van der Waals surface area (Å²) in [5, 5.41) is 1.85. The van der Waals surface area contributed by atoms with Crippen LogP contribution in [0.25, 0.3) is 0 Å². The summed E-state index contributed by atoms with van der Waals surface area (Å²) in [5.41, 5.74) is 0.697. The maximum Gasteiger partial charge on any atom is 0.255 e. The summed E-state index contributed by atoms with van der Waals surface area (Å²) < 4.78 is 6.27. The maximum absolute atomic E-state index is 12.2. The van der Waals surface area contributed by atoms with E-state index in [9.17, 15) is 4.79 Å². The molecule has 1 unspecified atom stereocenters. The highest BCUT2D eigenvalue weighted by molar-refractivity contribution is 9.11. The number of furan rings is 1. The summed E-state index contributed by atoms with van der Waals surface area (Å²) in [6.45, 7) is 1.94. The van der Waals surface area contributed by atoms with Gasteiger partial charge in [-0.25, -0.2) is 0 Å². The van der Waals surface area contributed by atoms with E-state index < -0.39 is 0 Å². The number of nitrogens with zero attached hydrogens (tertiary/aromatic N) is 1. The lowest BCUT2D eigenvalue weighted by Crippen LogP contribution is -2.29. The van der Waals surface area contributed by atoms with Gasteiger partial charge in [0.25, 0.3) is 5.91 Å². The van der Waals surface area contributed by atoms with Crippen LogP contribution in [0.4, 0.5) is 0 Å². The molecule has 0 fully saturated rings. The predicted molar refractivity (Wildman–Crippen MR) is 71.2 cm³/mol. The first-order valence-electron chi connectivity index (χ1n) is 5.14. The van der Waals surface area contributed by atoms with E-state index >= 15 is 0 Å². The Morgan fingerprint density at radius 2 is 2.35 bits per heavy atom. The molecule has 0 aromatic carbocycles. The number of amides is 1. The standard InChI is InChI=1S/C12H12BrNO2S/c1-8(10-4-3-5-16-10)14(2)12(15)9-6-11(13)17-7-9/h3-8H,1-2H3. The lowest BCUT2D eigenvalue weighted by Gasteiger charge is -2.22. The van der Waals surface area contributed by atoms with Gasteiger partial charge in [-0.15, -0.1) is 11.3 Å². The van der Waals surface area contributed by atoms with Crippen molar-refractivity contribution in [2.45, 2.75) is 13.0 Å². The average Bonchev–Trinajstić information content (AvgIpc) is 2.96. The zero-order chi connectivity index (χ0) is 12.4. The smallest absolute Gasteiger partial charge is 0.255 e. The first-order valence-corrected chi connectivity index (χ1v) is 6.81. The Hall–Kier alpha value is -1.07. The van der Waals surface area contributed by atoms with Crippen molar-refractivity contribution in [2.24, 2.45) is 0 Å². The molecule has 2 aromatic rings. The van der Waals surface area contributed by atoms with Crippen molar-refractivity contribution < 1.29 is 9.21 Å². The molecule has 5 heteroatoms. The van der Waals surface area contributed by atoms with Gasteiger partial charge in [-0.3, -0.25) is 4.79 Å². The van der Waals surface area contributed by atoms with Crippen molar-refractivity contribution in [1.29, 1.82) is 0 Å². The lowest BCUT2D eigenvalue weighted by atomic mass is 10.2. The lowest BCUT2D eigenvalue weighted by molar-refractivity contribution is 0.0727. The van der Waals surface area contributed by atoms with Crippen LogP contribution >= 0.6 is 27.3 Å². The highest BCUT2D eigenvalue weighted by Crippen LogP contribution is 2.25. The van der Waals surface area contributed by atoms with Gasteiger partial charge in [-0.1, -0.05) is 0 Å². The molecular weight excluding hydrogens is 302 g/mol. The van der Waals surface area contributed by atoms with Crippen LogP contribution in [-0.2, 0) is 0 Å². The predicted octanol–water partition coefficient (Wildman–Crippen LogP) is 3.94. The minimum atomic E-state index is -0.0730. The Morgan fingerprint density at radius 3 is 2.88 bits per heavy atom. The van der Waals surface area contributed by atoms with Crippen LogP contribution in [0.2, 0.25) is 0 Å². The molecule has 1 amide bonds. The summed E-state index contributed by atoms with van der Waals surface area (Å²) in [6.07, 6.45) is 1.62. The Morgan fingerprint density at radius 1 is 1.59 bits per heavy atom. The highest BCUT2D eigenvalue weighted by Gasteiger charge is 2.21. The monoisotopic (exact) mass is 313 g/mol. The minimum Gasteiger partial charge on any atom is -0.467 e. The molecule has 2 rings (SSSR count). The molecule has 1 atom stereocenters. The van der Waals surface area contributed by atoms with E-state index in [0.29, 0.717) is 5.56 Å². The van der Waals surface area contributed by atoms with E-state index in [-0.39, 0.29) is 11.9 Å². The SMILES string of the molecule is CC(c1ccco1)N(C)C(=O)c1csc(Br)c1. The van der Waals surface area contributed by atoms with E-state index in [1.807, 2.05) is 30.5 Å². The van der Waals surface area contributed by atoms with Crippen LogP contribution in [0.3, 0.4) is 0 Å². The van der Waals surface area contributed by atoms with Crippen molar-refractivity contribution in [3.8, 4) is 0 Å². The van der Waals surface area contributed by atoms with Gasteiger partial charge in [0.05, 0.1) is 21.7 Å². The molecule has 0 spiro atoms. The van der Waals surface area contributed by atoms with Crippen molar-refractivity contribution in [3.05, 3.63) is 45.0 Å². The first-order chi connectivity index (χ1) is 8.09. The van der Waals surface area contributed by atoms with Gasteiger partial charge in [-0.05, 0) is 41.1 Å². The fourth-order valence-electron chi connectivity index (χ4n) is 1.52. The Labute approximate surface area is 112 Å². The van der Waals surface area contributed by atoms with Crippen LogP contribution in [0.1, 0.15) is 29.1 Å². The second-order valence-electron chi connectivity index (χ2n) is 3.75. The summed E-state index contributed by atoms with van der Waals surface area (Å²) in [7, 11) is 1.78. The van der Waals surface area contributed by atoms with Crippen LogP contribution in [0, 0.1) is 0 Å². The van der Waals surface area contributed by atoms with Gasteiger partial charge in [0.15, 0.2) is 0 Å². The summed E-state index contributed by atoms with van der Waals surface area (Å²) in [4.78, 5) is 13.8. The molecule has 0 N–H and O–H groups in total. The molecule has 0 saturated heterocycles. The van der Waals surface area contributed by atoms with Crippen molar-refractivity contribution in [3.63, 3.8) is 0 Å². The molecule has 0 aliphatic heterocycles. The van der Waals surface area contributed by atoms with Crippen LogP contribution in [-0.4, -0.2) is 17.9 Å². The van der Waals surface area contributed by atoms with E-state index in [2.05, 4.69) is 15.9 Å². The second kappa shape index (κ2) is 5.06. The number of carbonyl (C=O) groups is 1. The summed E-state index contributed by atoms with van der Waals surface area (Å²) in [6, 6.07) is 5.46. The van der Waals surface area contributed by atoms with Crippen molar-refractivity contribution in [1.82, 2.24) is 4.90 Å². The third kappa shape index (κ3) is 2.61. The normalized spacial score (nSPS) is 12.4. The molecule has 2 heterocycles. The largest absolute Gasteiger partial charge is 0.467 e. The van der Waals surface area contributed by atoms with Gasteiger partial charge < -0.3 is 9.32 Å². The number of halogens is 1. The molecule has 0 aliphatic carbocycles. The number of hydrogen-bond donors (Lipinski definition) is 0. The van der Waals surface area contributed by atoms with E-state index in [4.69, 9.17) is 4.42 Å². The molecule has 0 saturated carbocycles. The molecule has 0 aliphatic rings. The van der Waals surface area contributed by atoms with Gasteiger partial charge in [-0.2, -0.15) is 0 Å². The van der Waals surface area contributed by atoms with E-state index in [1.54, 1.807) is 18.2 Å². The molecule has 3 nitrogen and oxygen atoms in total. The number of carbonyl (C=O) groups excluding carboxylic acids is 1. The fourth-order valence-corrected chi connectivity index (χ4v) is 2.65. The van der Waals surface area contributed by atoms with Gasteiger partial charge >= 0.3 is 0 Å². The maximum atomic E-state index is 12.2. The van der Waals surface area contributed by atoms with Crippen LogP contribution < -0.4 is 0 Å². The van der Waals surface area contributed by atoms with Crippen LogP contribution in [0.15, 0.2) is 38.0 Å². The van der Waals surface area contributed by atoms with E-state index in [1.165, 1.54) is 11.3 Å². The molecule has 0 radical (unpaired) electrons. The fraction of sp³-hybridized carbons (Fsp3) is 0.250. The van der Waals surface area contributed by atoms with E-state index in [0.717, 1.165) is 9.55 Å². The molecule has 90 valence electrons. The van der Waals surface area contributed by atoms with Gasteiger partial charge in [0.2, 0.25) is 0 Å². The Bertz CT molecular complexity index is 506. The van der Waals surface area contributed by atoms with Crippen molar-refractivity contribution >= 4 is 33.2 Å². The van der Waals surface area contributed by atoms with Gasteiger partial charge in [0.1, 0.15) is 5.76 Å². The summed E-state index contributed by atoms with van der Waals surface area (Å²) >= 11 is 4.86. The molecular formula is C12H12BrNO2S. The third-order valence-corrected chi connectivity index (χ3v) is 4.18. The number of thiophene rings is 1. The Balaban J connectivity index is 2.15. The third-order valence-electron chi connectivity index (χ3n) is 2.67. The zero-order valence-corrected chi connectivity index (χ0v) is 11.9. The number of hydrogen-bond acceptors (Lipinski definition) is 3. The number of rotatable bonds is 3. The topological polar surface area (TPSA) is 33.5 Å². The molecule has 2 aromatic heterocycles. The molecule has 17 heavy (non-hydrogen) atoms. The Kier molecular flexibility index (Phi) is 3.69. The molecule has 0 bridgehead atoms. The quantitative estimate of drug-likeness (QED) is 0.860. The zero-order valence-electron chi connectivity index (χ0n) is 9.51. The summed E-state index contributed by atoms with van der Waals surface area (Å²) in [5.74, 6) is 0.783. The first kappa shape index (κ1) is 12.4. The average molecular weight is 314 g/mol. The van der Waals surface area contributed by atoms with Crippen molar-refractivity contribution in [2.75, 3.05) is 7.05 Å². The second-order valence-corrected chi connectivity index (χ2v) is 6.04. The highest BCUT2D eigenvalue weighted by atomic mass is 79.9. The minimum absolute atomic E-state index is 0.00384.